The van der Waals surface area contributed by atoms with Crippen molar-refractivity contribution in [1.29, 1.82) is 0 Å². The Morgan fingerprint density at radius 2 is 1.87 bits per heavy atom. The van der Waals surface area contributed by atoms with Crippen LogP contribution in [0.5, 0.6) is 5.75 Å². The van der Waals surface area contributed by atoms with Crippen molar-refractivity contribution in [2.75, 3.05) is 0 Å². The number of benzene rings is 2. The molecule has 0 spiro atoms. The summed E-state index contributed by atoms with van der Waals surface area (Å²) in [6.07, 6.45) is -4.39. The molecule has 2 aromatic carbocycles. The highest BCUT2D eigenvalue weighted by atomic mass is 35.5. The second kappa shape index (κ2) is 9.45. The lowest BCUT2D eigenvalue weighted by molar-refractivity contribution is -0.160. The van der Waals surface area contributed by atoms with Gasteiger partial charge in [-0.25, -0.2) is 0 Å². The van der Waals surface area contributed by atoms with E-state index in [-0.39, 0.29) is 13.0 Å². The maximum Gasteiger partial charge on any atom is 0.416 e. The first-order chi connectivity index (χ1) is 14.1. The van der Waals surface area contributed by atoms with Gasteiger partial charge < -0.3 is 14.6 Å². The summed E-state index contributed by atoms with van der Waals surface area (Å²) in [6, 6.07) is 7.81. The number of hydrogen-bond donors (Lipinski definition) is 1. The second-order valence-electron chi connectivity index (χ2n) is 7.09. The SMILES string of the molecule is O=C1C[C@H](O)CC(CCc2c(Cl)cc(Cl)cc2OCc2ccc(C(F)(F)F)cc2)O1. The van der Waals surface area contributed by atoms with Crippen molar-refractivity contribution in [3.05, 3.63) is 63.1 Å². The summed E-state index contributed by atoms with van der Waals surface area (Å²) in [5.41, 5.74) is 0.459. The highest BCUT2D eigenvalue weighted by molar-refractivity contribution is 6.35. The molecule has 1 fully saturated rings. The van der Waals surface area contributed by atoms with Crippen LogP contribution in [0.2, 0.25) is 10.0 Å². The third kappa shape index (κ3) is 6.03. The van der Waals surface area contributed by atoms with E-state index in [2.05, 4.69) is 0 Å². The van der Waals surface area contributed by atoms with E-state index in [1.807, 2.05) is 0 Å². The minimum absolute atomic E-state index is 0.0142. The molecule has 9 heteroatoms. The van der Waals surface area contributed by atoms with Gasteiger partial charge in [0.05, 0.1) is 18.1 Å². The van der Waals surface area contributed by atoms with Crippen molar-refractivity contribution in [2.24, 2.45) is 0 Å². The van der Waals surface area contributed by atoms with Gasteiger partial charge in [0, 0.05) is 22.0 Å². The Bertz CT molecular complexity index is 900. The predicted molar refractivity (Wildman–Crippen MR) is 106 cm³/mol. The molecule has 0 aromatic heterocycles. The van der Waals surface area contributed by atoms with Crippen LogP contribution in [0.1, 0.15) is 36.0 Å². The molecule has 2 aromatic rings. The molecule has 1 aliphatic rings. The minimum Gasteiger partial charge on any atom is -0.489 e. The van der Waals surface area contributed by atoms with E-state index in [0.717, 1.165) is 12.1 Å². The minimum atomic E-state index is -4.40. The van der Waals surface area contributed by atoms with Gasteiger partial charge in [-0.3, -0.25) is 4.79 Å². The van der Waals surface area contributed by atoms with Crippen molar-refractivity contribution >= 4 is 29.2 Å². The van der Waals surface area contributed by atoms with E-state index in [1.165, 1.54) is 12.1 Å². The van der Waals surface area contributed by atoms with Crippen LogP contribution < -0.4 is 4.74 Å². The average molecular weight is 463 g/mol. The molecule has 3 rings (SSSR count). The Labute approximate surface area is 181 Å². The van der Waals surface area contributed by atoms with Crippen molar-refractivity contribution in [3.8, 4) is 5.75 Å². The van der Waals surface area contributed by atoms with Gasteiger partial charge in [0.25, 0.3) is 0 Å². The zero-order valence-corrected chi connectivity index (χ0v) is 17.2. The van der Waals surface area contributed by atoms with Crippen molar-refractivity contribution in [1.82, 2.24) is 0 Å². The lowest BCUT2D eigenvalue weighted by Crippen LogP contribution is -2.32. The molecule has 0 bridgehead atoms. The number of alkyl halides is 3. The van der Waals surface area contributed by atoms with Crippen LogP contribution in [0, 0.1) is 0 Å². The number of carbonyl (C=O) groups excluding carboxylic acids is 1. The third-order valence-corrected chi connectivity index (χ3v) is 5.30. The van der Waals surface area contributed by atoms with Crippen LogP contribution in [-0.2, 0) is 28.7 Å². The maximum absolute atomic E-state index is 12.7. The maximum atomic E-state index is 12.7. The monoisotopic (exact) mass is 462 g/mol. The number of carbonyl (C=O) groups is 1. The molecule has 0 amide bonds. The van der Waals surface area contributed by atoms with E-state index in [4.69, 9.17) is 32.7 Å². The topological polar surface area (TPSA) is 55.8 Å². The van der Waals surface area contributed by atoms with Gasteiger partial charge in [0.2, 0.25) is 0 Å². The van der Waals surface area contributed by atoms with Gasteiger partial charge in [-0.15, -0.1) is 0 Å². The smallest absolute Gasteiger partial charge is 0.416 e. The lowest BCUT2D eigenvalue weighted by Gasteiger charge is -2.26. The summed E-state index contributed by atoms with van der Waals surface area (Å²) in [5, 5.41) is 10.5. The number of halogens is 5. The fraction of sp³-hybridized carbons (Fsp3) is 0.381. The molecule has 0 saturated carbocycles. The van der Waals surface area contributed by atoms with Crippen LogP contribution in [0.3, 0.4) is 0 Å². The van der Waals surface area contributed by atoms with E-state index in [9.17, 15) is 23.1 Å². The average Bonchev–Trinajstić information content (AvgIpc) is 2.64. The summed E-state index contributed by atoms with van der Waals surface area (Å²) < 4.78 is 49.1. The zero-order valence-electron chi connectivity index (χ0n) is 15.7. The number of aliphatic hydroxyl groups is 1. The molecule has 0 radical (unpaired) electrons. The van der Waals surface area contributed by atoms with Crippen LogP contribution in [0.15, 0.2) is 36.4 Å². The van der Waals surface area contributed by atoms with Gasteiger partial charge in [-0.05, 0) is 42.7 Å². The number of aliphatic hydroxyl groups excluding tert-OH is 1. The number of cyclic esters (lactones) is 1. The number of hydrogen-bond acceptors (Lipinski definition) is 4. The Kier molecular flexibility index (Phi) is 7.16. The van der Waals surface area contributed by atoms with Crippen LogP contribution in [0.25, 0.3) is 0 Å². The Balaban J connectivity index is 1.69. The number of ether oxygens (including phenoxy) is 2. The molecule has 1 N–H and O–H groups in total. The number of esters is 1. The van der Waals surface area contributed by atoms with Gasteiger partial charge in [-0.1, -0.05) is 35.3 Å². The normalized spacial score (nSPS) is 19.5. The first kappa shape index (κ1) is 22.7. The molecular weight excluding hydrogens is 444 g/mol. The van der Waals surface area contributed by atoms with Crippen molar-refractivity contribution in [2.45, 2.75) is 50.7 Å². The molecule has 30 heavy (non-hydrogen) atoms. The van der Waals surface area contributed by atoms with Crippen LogP contribution in [-0.4, -0.2) is 23.3 Å². The largest absolute Gasteiger partial charge is 0.489 e. The Hall–Kier alpha value is -1.96. The van der Waals surface area contributed by atoms with Crippen LogP contribution in [0.4, 0.5) is 13.2 Å². The Morgan fingerprint density at radius 1 is 1.17 bits per heavy atom. The summed E-state index contributed by atoms with van der Waals surface area (Å²) in [4.78, 5) is 11.5. The summed E-state index contributed by atoms with van der Waals surface area (Å²) >= 11 is 12.4. The van der Waals surface area contributed by atoms with E-state index < -0.39 is 29.9 Å². The summed E-state index contributed by atoms with van der Waals surface area (Å²) in [6.45, 7) is 0.0267. The molecule has 0 aliphatic carbocycles. The molecule has 1 aliphatic heterocycles. The predicted octanol–water partition coefficient (Wildman–Crippen LogP) is 5.59. The standard InChI is InChI=1S/C21H19Cl2F3O4/c22-14-7-18(23)17(6-5-16-9-15(27)10-20(28)30-16)19(8-14)29-11-12-1-3-13(4-2-12)21(24,25)26/h1-4,7-8,15-16,27H,5-6,9-11H2/t15-,16?/m1/s1. The molecule has 4 nitrogen and oxygen atoms in total. The number of rotatable bonds is 6. The Morgan fingerprint density at radius 3 is 2.50 bits per heavy atom. The summed E-state index contributed by atoms with van der Waals surface area (Å²) in [5.74, 6) is -0.0465. The van der Waals surface area contributed by atoms with E-state index in [1.54, 1.807) is 12.1 Å². The molecular formula is C21H19Cl2F3O4. The lowest BCUT2D eigenvalue weighted by atomic mass is 9.99. The molecule has 1 saturated heterocycles. The third-order valence-electron chi connectivity index (χ3n) is 4.75. The molecule has 2 atom stereocenters. The highest BCUT2D eigenvalue weighted by Gasteiger charge is 2.30. The quantitative estimate of drug-likeness (QED) is 0.568. The first-order valence-electron chi connectivity index (χ1n) is 9.26. The zero-order chi connectivity index (χ0) is 21.9. The first-order valence-corrected chi connectivity index (χ1v) is 10.0. The fourth-order valence-corrected chi connectivity index (χ4v) is 3.81. The summed E-state index contributed by atoms with van der Waals surface area (Å²) in [7, 11) is 0. The van der Waals surface area contributed by atoms with Gasteiger partial charge in [-0.2, -0.15) is 13.2 Å². The van der Waals surface area contributed by atoms with Gasteiger partial charge in [0.1, 0.15) is 18.5 Å². The fourth-order valence-electron chi connectivity index (χ4n) is 3.25. The highest BCUT2D eigenvalue weighted by Crippen LogP contribution is 2.34. The van der Waals surface area contributed by atoms with E-state index >= 15 is 0 Å². The van der Waals surface area contributed by atoms with Gasteiger partial charge in [0.15, 0.2) is 0 Å². The van der Waals surface area contributed by atoms with Gasteiger partial charge >= 0.3 is 12.1 Å². The van der Waals surface area contributed by atoms with E-state index in [0.29, 0.717) is 46.2 Å². The van der Waals surface area contributed by atoms with Crippen LogP contribution >= 0.6 is 23.2 Å². The molecule has 1 heterocycles. The van der Waals surface area contributed by atoms with Crippen molar-refractivity contribution in [3.63, 3.8) is 0 Å². The molecule has 162 valence electrons. The second-order valence-corrected chi connectivity index (χ2v) is 7.94. The van der Waals surface area contributed by atoms with Crippen molar-refractivity contribution < 1.29 is 32.5 Å². The molecule has 1 unspecified atom stereocenters.